The molecule has 0 saturated heterocycles. The van der Waals surface area contributed by atoms with Crippen LogP contribution in [0.4, 0.5) is 4.39 Å². The average molecular weight is 264 g/mol. The van der Waals surface area contributed by atoms with Crippen LogP contribution in [0.2, 0.25) is 0 Å². The number of hydrogen-bond acceptors (Lipinski definition) is 3. The van der Waals surface area contributed by atoms with Crippen molar-refractivity contribution in [3.05, 3.63) is 48.0 Å². The molecule has 1 rings (SSSR count). The topological polar surface area (TPSA) is 61.7 Å². The van der Waals surface area contributed by atoms with Crippen LogP contribution in [0.3, 0.4) is 0 Å². The number of nitrogens with one attached hydrogen (secondary N) is 1. The molecule has 0 heterocycles. The molecule has 0 spiro atoms. The fourth-order valence-electron chi connectivity index (χ4n) is 1.45. The summed E-state index contributed by atoms with van der Waals surface area (Å²) in [4.78, 5) is 11.1. The average Bonchev–Trinajstić information content (AvgIpc) is 2.40. The predicted octanol–water partition coefficient (Wildman–Crippen LogP) is 2.71. The van der Waals surface area contributed by atoms with Gasteiger partial charge >= 0.3 is 5.91 Å². The van der Waals surface area contributed by atoms with Crippen molar-refractivity contribution in [2.75, 3.05) is 0 Å². The highest BCUT2D eigenvalue weighted by molar-refractivity contribution is 5.92. The van der Waals surface area contributed by atoms with Crippen molar-refractivity contribution in [1.29, 1.82) is 0 Å². The Morgan fingerprint density at radius 1 is 1.42 bits per heavy atom. The third kappa shape index (κ3) is 5.33. The molecular formula is C14H17FN2O2. The Hall–Kier alpha value is -2.17. The fourth-order valence-corrected chi connectivity index (χ4v) is 1.45. The zero-order valence-electron chi connectivity index (χ0n) is 10.8. The molecule has 102 valence electrons. The van der Waals surface area contributed by atoms with Crippen LogP contribution in [0.5, 0.6) is 0 Å². The van der Waals surface area contributed by atoms with Gasteiger partial charge < -0.3 is 5.11 Å². The van der Waals surface area contributed by atoms with Crippen LogP contribution in [-0.4, -0.2) is 16.7 Å². The normalized spacial score (nSPS) is 11.2. The van der Waals surface area contributed by atoms with Gasteiger partial charge in [0.1, 0.15) is 5.82 Å². The summed E-state index contributed by atoms with van der Waals surface area (Å²) in [5.74, 6) is -1.55. The van der Waals surface area contributed by atoms with E-state index in [1.165, 1.54) is 12.1 Å². The summed E-state index contributed by atoms with van der Waals surface area (Å²) in [6.07, 6.45) is 2.04. The summed E-state index contributed by atoms with van der Waals surface area (Å²) >= 11 is 0. The first kappa shape index (κ1) is 14.9. The van der Waals surface area contributed by atoms with E-state index < -0.39 is 11.7 Å². The molecule has 0 aliphatic rings. The lowest BCUT2D eigenvalue weighted by atomic mass is 10.1. The summed E-state index contributed by atoms with van der Waals surface area (Å²) in [6, 6.07) is 6.26. The first-order valence-corrected chi connectivity index (χ1v) is 6.01. The van der Waals surface area contributed by atoms with E-state index in [1.807, 2.05) is 6.92 Å². The van der Waals surface area contributed by atoms with Crippen LogP contribution in [-0.2, 0) is 11.2 Å². The van der Waals surface area contributed by atoms with Crippen molar-refractivity contribution in [2.24, 2.45) is 5.10 Å². The SMILES string of the molecule is C=C(O)C(=O)N/N=C(\CC)CCc1ccc(F)cc1. The van der Waals surface area contributed by atoms with Crippen LogP contribution < -0.4 is 5.43 Å². The number of carbonyl (C=O) groups excluding carboxylic acids is 1. The summed E-state index contributed by atoms with van der Waals surface area (Å²) in [7, 11) is 0. The number of nitrogens with zero attached hydrogens (tertiary/aromatic N) is 1. The van der Waals surface area contributed by atoms with E-state index in [-0.39, 0.29) is 5.82 Å². The first-order chi connectivity index (χ1) is 9.02. The van der Waals surface area contributed by atoms with Gasteiger partial charge in [-0.25, -0.2) is 9.82 Å². The third-order valence-corrected chi connectivity index (χ3v) is 2.60. The van der Waals surface area contributed by atoms with Gasteiger partial charge in [-0.15, -0.1) is 0 Å². The van der Waals surface area contributed by atoms with Crippen molar-refractivity contribution in [2.45, 2.75) is 26.2 Å². The van der Waals surface area contributed by atoms with Crippen molar-refractivity contribution in [1.82, 2.24) is 5.43 Å². The van der Waals surface area contributed by atoms with Crippen LogP contribution in [0.15, 0.2) is 41.7 Å². The van der Waals surface area contributed by atoms with Gasteiger partial charge in [0, 0.05) is 5.71 Å². The number of rotatable bonds is 6. The van der Waals surface area contributed by atoms with Crippen LogP contribution >= 0.6 is 0 Å². The smallest absolute Gasteiger partial charge is 0.305 e. The van der Waals surface area contributed by atoms with E-state index in [9.17, 15) is 9.18 Å². The standard InChI is InChI=1S/C14H17FN2O2/c1-3-13(16-17-14(19)10(2)18)9-6-11-4-7-12(15)8-5-11/h4-5,7-8,18H,2-3,6,9H2,1H3,(H,17,19)/b16-13+. The van der Waals surface area contributed by atoms with E-state index in [4.69, 9.17) is 5.11 Å². The largest absolute Gasteiger partial charge is 0.503 e. The maximum absolute atomic E-state index is 12.7. The van der Waals surface area contributed by atoms with Crippen LogP contribution in [0.25, 0.3) is 0 Å². The quantitative estimate of drug-likeness (QED) is 0.359. The number of carbonyl (C=O) groups is 1. The van der Waals surface area contributed by atoms with Crippen LogP contribution in [0, 0.1) is 5.82 Å². The molecule has 5 heteroatoms. The van der Waals surface area contributed by atoms with Gasteiger partial charge in [0.15, 0.2) is 5.76 Å². The van der Waals surface area contributed by atoms with E-state index in [0.717, 1.165) is 11.3 Å². The minimum absolute atomic E-state index is 0.262. The maximum Gasteiger partial charge on any atom is 0.305 e. The maximum atomic E-state index is 12.7. The Bertz CT molecular complexity index is 481. The molecular weight excluding hydrogens is 247 g/mol. The molecule has 19 heavy (non-hydrogen) atoms. The number of aliphatic hydroxyl groups is 1. The van der Waals surface area contributed by atoms with Crippen molar-refractivity contribution >= 4 is 11.6 Å². The molecule has 0 unspecified atom stereocenters. The third-order valence-electron chi connectivity index (χ3n) is 2.60. The van der Waals surface area contributed by atoms with E-state index >= 15 is 0 Å². The lowest BCUT2D eigenvalue weighted by Gasteiger charge is -2.05. The summed E-state index contributed by atoms with van der Waals surface area (Å²) in [5, 5.41) is 12.7. The highest BCUT2D eigenvalue weighted by Gasteiger charge is 2.04. The summed E-state index contributed by atoms with van der Waals surface area (Å²) in [6.45, 7) is 5.02. The van der Waals surface area contributed by atoms with Gasteiger partial charge in [-0.1, -0.05) is 25.6 Å². The molecule has 1 aromatic rings. The number of hydrogen-bond donors (Lipinski definition) is 2. The molecule has 2 N–H and O–H groups in total. The van der Waals surface area contributed by atoms with Gasteiger partial charge in [0.2, 0.25) is 0 Å². The Balaban J connectivity index is 2.52. The van der Waals surface area contributed by atoms with Crippen molar-refractivity contribution < 1.29 is 14.3 Å². The van der Waals surface area contributed by atoms with E-state index in [0.29, 0.717) is 19.3 Å². The van der Waals surface area contributed by atoms with Crippen molar-refractivity contribution in [3.8, 4) is 0 Å². The molecule has 0 radical (unpaired) electrons. The minimum atomic E-state index is -0.715. The van der Waals surface area contributed by atoms with Gasteiger partial charge in [-0.3, -0.25) is 4.79 Å². The molecule has 0 fully saturated rings. The van der Waals surface area contributed by atoms with Gasteiger partial charge in [0.05, 0.1) is 0 Å². The Labute approximate surface area is 111 Å². The molecule has 0 aliphatic heterocycles. The number of aryl methyl sites for hydroxylation is 1. The van der Waals surface area contributed by atoms with Gasteiger partial charge in [0.25, 0.3) is 0 Å². The molecule has 1 aromatic carbocycles. The Morgan fingerprint density at radius 3 is 2.58 bits per heavy atom. The zero-order valence-corrected chi connectivity index (χ0v) is 10.8. The lowest BCUT2D eigenvalue weighted by molar-refractivity contribution is -0.119. The highest BCUT2D eigenvalue weighted by Crippen LogP contribution is 2.07. The monoisotopic (exact) mass is 264 g/mol. The summed E-state index contributed by atoms with van der Waals surface area (Å²) in [5.41, 5.74) is 4.01. The van der Waals surface area contributed by atoms with Gasteiger partial charge in [-0.05, 0) is 37.0 Å². The van der Waals surface area contributed by atoms with Crippen LogP contribution in [0.1, 0.15) is 25.3 Å². The molecule has 0 saturated carbocycles. The summed E-state index contributed by atoms with van der Waals surface area (Å²) < 4.78 is 12.7. The molecule has 0 bridgehead atoms. The fraction of sp³-hybridized carbons (Fsp3) is 0.286. The number of amides is 1. The minimum Gasteiger partial charge on any atom is -0.503 e. The molecule has 0 atom stereocenters. The first-order valence-electron chi connectivity index (χ1n) is 6.01. The second kappa shape index (κ2) is 7.31. The second-order valence-electron chi connectivity index (χ2n) is 4.05. The molecule has 0 aromatic heterocycles. The number of halogens is 1. The number of aliphatic hydroxyl groups excluding tert-OH is 1. The zero-order chi connectivity index (χ0) is 14.3. The lowest BCUT2D eigenvalue weighted by Crippen LogP contribution is -2.20. The Kier molecular flexibility index (Phi) is 5.73. The Morgan fingerprint density at radius 2 is 2.05 bits per heavy atom. The molecule has 4 nitrogen and oxygen atoms in total. The number of hydrazone groups is 1. The van der Waals surface area contributed by atoms with Crippen molar-refractivity contribution in [3.63, 3.8) is 0 Å². The van der Waals surface area contributed by atoms with E-state index in [2.05, 4.69) is 17.1 Å². The highest BCUT2D eigenvalue weighted by atomic mass is 19.1. The van der Waals surface area contributed by atoms with Gasteiger partial charge in [-0.2, -0.15) is 5.10 Å². The molecule has 1 amide bonds. The predicted molar refractivity (Wildman–Crippen MR) is 72.4 cm³/mol. The molecule has 0 aliphatic carbocycles. The number of benzene rings is 1. The van der Waals surface area contributed by atoms with E-state index in [1.54, 1.807) is 12.1 Å². The second-order valence-corrected chi connectivity index (χ2v) is 4.05.